The fourth-order valence-corrected chi connectivity index (χ4v) is 4.26. The molecule has 1 fully saturated rings. The number of anilines is 1. The molecule has 4 rings (SSSR count). The molecule has 29 heavy (non-hydrogen) atoms. The Labute approximate surface area is 173 Å². The summed E-state index contributed by atoms with van der Waals surface area (Å²) in [5.41, 5.74) is 5.30. The van der Waals surface area contributed by atoms with E-state index in [0.29, 0.717) is 5.56 Å². The van der Waals surface area contributed by atoms with Gasteiger partial charge in [0.15, 0.2) is 0 Å². The zero-order valence-corrected chi connectivity index (χ0v) is 17.0. The lowest BCUT2D eigenvalue weighted by Gasteiger charge is -2.40. The highest BCUT2D eigenvalue weighted by molar-refractivity contribution is 5.58. The molecule has 4 heteroatoms. The Bertz CT molecular complexity index is 961. The van der Waals surface area contributed by atoms with Crippen LogP contribution in [0.3, 0.4) is 0 Å². The van der Waals surface area contributed by atoms with Crippen LogP contribution in [0.5, 0.6) is 0 Å². The first-order valence-corrected chi connectivity index (χ1v) is 10.1. The number of nitrogens with zero attached hydrogens (tertiary/aromatic N) is 4. The van der Waals surface area contributed by atoms with Crippen LogP contribution in [0.4, 0.5) is 5.82 Å². The van der Waals surface area contributed by atoms with Gasteiger partial charge in [0.1, 0.15) is 11.9 Å². The summed E-state index contributed by atoms with van der Waals surface area (Å²) < 4.78 is 0. The quantitative estimate of drug-likeness (QED) is 0.667. The van der Waals surface area contributed by atoms with Gasteiger partial charge >= 0.3 is 0 Å². The minimum Gasteiger partial charge on any atom is -0.353 e. The smallest absolute Gasteiger partial charge is 0.147 e. The zero-order chi connectivity index (χ0) is 20.2. The number of pyridine rings is 1. The molecule has 2 heterocycles. The molecule has 0 saturated carbocycles. The van der Waals surface area contributed by atoms with Crippen molar-refractivity contribution >= 4 is 5.82 Å². The van der Waals surface area contributed by atoms with Gasteiger partial charge in [0.2, 0.25) is 0 Å². The van der Waals surface area contributed by atoms with E-state index in [1.807, 2.05) is 19.9 Å². The van der Waals surface area contributed by atoms with Gasteiger partial charge in [-0.15, -0.1) is 0 Å². The first-order chi connectivity index (χ1) is 14.2. The molecule has 0 spiro atoms. The van der Waals surface area contributed by atoms with Gasteiger partial charge in [-0.05, 0) is 36.6 Å². The standard InChI is InChI=1S/C25H26N4/c1-19-17-20(2)27-25(23(19)18-26)29-15-13-28(14-16-29)24(21-9-5-3-6-10-21)22-11-7-4-8-12-22/h3-12,17,24H,13-16H2,1-2H3. The van der Waals surface area contributed by atoms with E-state index in [-0.39, 0.29) is 6.04 Å². The van der Waals surface area contributed by atoms with E-state index in [1.165, 1.54) is 11.1 Å². The van der Waals surface area contributed by atoms with Crippen molar-refractivity contribution in [1.82, 2.24) is 9.88 Å². The molecule has 146 valence electrons. The third-order valence-electron chi connectivity index (χ3n) is 5.65. The van der Waals surface area contributed by atoms with Crippen LogP contribution in [0.2, 0.25) is 0 Å². The van der Waals surface area contributed by atoms with Gasteiger partial charge in [0.25, 0.3) is 0 Å². The van der Waals surface area contributed by atoms with Crippen LogP contribution in [0, 0.1) is 25.2 Å². The van der Waals surface area contributed by atoms with E-state index in [4.69, 9.17) is 4.98 Å². The molecule has 4 nitrogen and oxygen atoms in total. The highest BCUT2D eigenvalue weighted by Crippen LogP contribution is 2.31. The predicted molar refractivity (Wildman–Crippen MR) is 117 cm³/mol. The van der Waals surface area contributed by atoms with Crippen molar-refractivity contribution in [2.24, 2.45) is 0 Å². The Morgan fingerprint density at radius 3 is 1.93 bits per heavy atom. The van der Waals surface area contributed by atoms with E-state index in [0.717, 1.165) is 43.3 Å². The summed E-state index contributed by atoms with van der Waals surface area (Å²) in [7, 11) is 0. The molecule has 3 aromatic rings. The van der Waals surface area contributed by atoms with E-state index in [2.05, 4.69) is 76.5 Å². The molecule has 0 radical (unpaired) electrons. The van der Waals surface area contributed by atoms with Crippen molar-refractivity contribution in [3.05, 3.63) is 94.7 Å². The number of rotatable bonds is 4. The Kier molecular flexibility index (Phi) is 5.59. The summed E-state index contributed by atoms with van der Waals surface area (Å²) >= 11 is 0. The second-order valence-corrected chi connectivity index (χ2v) is 7.64. The Balaban J connectivity index is 1.59. The molecular weight excluding hydrogens is 356 g/mol. The monoisotopic (exact) mass is 382 g/mol. The summed E-state index contributed by atoms with van der Waals surface area (Å²) in [6, 6.07) is 26.0. The van der Waals surface area contributed by atoms with Crippen LogP contribution >= 0.6 is 0 Å². The summed E-state index contributed by atoms with van der Waals surface area (Å²) in [6.07, 6.45) is 0. The summed E-state index contributed by atoms with van der Waals surface area (Å²) in [4.78, 5) is 9.50. The van der Waals surface area contributed by atoms with Gasteiger partial charge in [-0.25, -0.2) is 4.98 Å². The largest absolute Gasteiger partial charge is 0.353 e. The minimum atomic E-state index is 0.238. The Morgan fingerprint density at radius 2 is 1.41 bits per heavy atom. The molecule has 1 aromatic heterocycles. The second-order valence-electron chi connectivity index (χ2n) is 7.64. The minimum absolute atomic E-state index is 0.238. The second kappa shape index (κ2) is 8.46. The molecule has 2 aromatic carbocycles. The van der Waals surface area contributed by atoms with Crippen LogP contribution in [0.15, 0.2) is 66.7 Å². The van der Waals surface area contributed by atoms with Crippen LogP contribution in [0.1, 0.15) is 34.0 Å². The molecule has 1 aliphatic heterocycles. The van der Waals surface area contributed by atoms with Crippen molar-refractivity contribution < 1.29 is 0 Å². The highest BCUT2D eigenvalue weighted by Gasteiger charge is 2.28. The molecule has 0 unspecified atom stereocenters. The average molecular weight is 383 g/mol. The third-order valence-corrected chi connectivity index (χ3v) is 5.65. The number of benzene rings is 2. The molecule has 0 N–H and O–H groups in total. The maximum Gasteiger partial charge on any atom is 0.147 e. The van der Waals surface area contributed by atoms with Gasteiger partial charge in [0, 0.05) is 31.9 Å². The number of hydrogen-bond acceptors (Lipinski definition) is 4. The first kappa shape index (κ1) is 19.2. The number of hydrogen-bond donors (Lipinski definition) is 0. The van der Waals surface area contributed by atoms with Crippen molar-refractivity contribution in [3.63, 3.8) is 0 Å². The summed E-state index contributed by atoms with van der Waals surface area (Å²) in [5, 5.41) is 9.63. The van der Waals surface area contributed by atoms with Gasteiger partial charge in [-0.3, -0.25) is 4.90 Å². The molecule has 0 bridgehead atoms. The van der Waals surface area contributed by atoms with E-state index >= 15 is 0 Å². The van der Waals surface area contributed by atoms with Crippen LogP contribution in [-0.4, -0.2) is 36.1 Å². The number of nitriles is 1. The molecule has 0 atom stereocenters. The fourth-order valence-electron chi connectivity index (χ4n) is 4.26. The normalized spacial score (nSPS) is 14.8. The predicted octanol–water partition coefficient (Wildman–Crippen LogP) is 4.48. The van der Waals surface area contributed by atoms with Crippen molar-refractivity contribution in [2.75, 3.05) is 31.1 Å². The lowest BCUT2D eigenvalue weighted by atomic mass is 9.96. The first-order valence-electron chi connectivity index (χ1n) is 10.1. The topological polar surface area (TPSA) is 43.2 Å². The molecular formula is C25H26N4. The number of piperazine rings is 1. The number of aromatic nitrogens is 1. The fraction of sp³-hybridized carbons (Fsp3) is 0.280. The lowest BCUT2D eigenvalue weighted by molar-refractivity contribution is 0.212. The third kappa shape index (κ3) is 4.01. The molecule has 1 aliphatic rings. The summed E-state index contributed by atoms with van der Waals surface area (Å²) in [5.74, 6) is 0.834. The molecule has 0 amide bonds. The molecule has 1 saturated heterocycles. The van der Waals surface area contributed by atoms with Crippen LogP contribution in [-0.2, 0) is 0 Å². The Hall–Kier alpha value is -3.16. The highest BCUT2D eigenvalue weighted by atomic mass is 15.3. The Morgan fingerprint density at radius 1 is 0.862 bits per heavy atom. The van der Waals surface area contributed by atoms with Crippen molar-refractivity contribution in [2.45, 2.75) is 19.9 Å². The lowest BCUT2D eigenvalue weighted by Crippen LogP contribution is -2.48. The maximum atomic E-state index is 9.63. The van der Waals surface area contributed by atoms with Gasteiger partial charge in [-0.1, -0.05) is 60.7 Å². The summed E-state index contributed by atoms with van der Waals surface area (Å²) in [6.45, 7) is 7.56. The van der Waals surface area contributed by atoms with E-state index in [1.54, 1.807) is 0 Å². The average Bonchev–Trinajstić information content (AvgIpc) is 2.75. The van der Waals surface area contributed by atoms with E-state index in [9.17, 15) is 5.26 Å². The molecule has 0 aliphatic carbocycles. The number of aryl methyl sites for hydroxylation is 2. The zero-order valence-electron chi connectivity index (χ0n) is 17.0. The van der Waals surface area contributed by atoms with Crippen LogP contribution < -0.4 is 4.90 Å². The van der Waals surface area contributed by atoms with Crippen molar-refractivity contribution in [3.8, 4) is 6.07 Å². The van der Waals surface area contributed by atoms with Gasteiger partial charge in [-0.2, -0.15) is 5.26 Å². The van der Waals surface area contributed by atoms with Gasteiger partial charge in [0.05, 0.1) is 11.6 Å². The van der Waals surface area contributed by atoms with Gasteiger partial charge < -0.3 is 4.90 Å². The van der Waals surface area contributed by atoms with Crippen molar-refractivity contribution in [1.29, 1.82) is 5.26 Å². The maximum absolute atomic E-state index is 9.63. The van der Waals surface area contributed by atoms with Crippen LogP contribution in [0.25, 0.3) is 0 Å². The SMILES string of the molecule is Cc1cc(C)c(C#N)c(N2CCN(C(c3ccccc3)c3ccccc3)CC2)n1. The van der Waals surface area contributed by atoms with E-state index < -0.39 is 0 Å².